The van der Waals surface area contributed by atoms with Gasteiger partial charge in [0.2, 0.25) is 5.13 Å². The molecule has 3 aromatic rings. The van der Waals surface area contributed by atoms with E-state index in [2.05, 4.69) is 27.4 Å². The Bertz CT molecular complexity index is 735. The number of nitrogens with zero attached hydrogens (tertiary/aromatic N) is 3. The van der Waals surface area contributed by atoms with Gasteiger partial charge in [-0.25, -0.2) is 0 Å². The van der Waals surface area contributed by atoms with Gasteiger partial charge >= 0.3 is 0 Å². The van der Waals surface area contributed by atoms with Gasteiger partial charge in [-0.05, 0) is 39.0 Å². The second kappa shape index (κ2) is 5.65. The summed E-state index contributed by atoms with van der Waals surface area (Å²) in [5, 5.41) is 13.3. The first kappa shape index (κ1) is 13.8. The van der Waals surface area contributed by atoms with Crippen LogP contribution in [-0.2, 0) is 0 Å². The zero-order chi connectivity index (χ0) is 14.8. The molecule has 0 saturated heterocycles. The monoisotopic (exact) mass is 300 g/mol. The Balaban J connectivity index is 1.77. The van der Waals surface area contributed by atoms with Crippen LogP contribution in [0, 0.1) is 13.8 Å². The normalized spacial score (nSPS) is 12.3. The molecule has 0 aliphatic rings. The molecule has 0 spiro atoms. The molecule has 108 valence electrons. The van der Waals surface area contributed by atoms with Crippen LogP contribution in [0.4, 0.5) is 5.13 Å². The van der Waals surface area contributed by atoms with Crippen LogP contribution in [0.3, 0.4) is 0 Å². The smallest absolute Gasteiger partial charge is 0.206 e. The summed E-state index contributed by atoms with van der Waals surface area (Å²) in [5.74, 6) is 1.85. The highest BCUT2D eigenvalue weighted by atomic mass is 32.1. The summed E-state index contributed by atoms with van der Waals surface area (Å²) in [6, 6.07) is 7.92. The van der Waals surface area contributed by atoms with Crippen molar-refractivity contribution in [2.24, 2.45) is 0 Å². The van der Waals surface area contributed by atoms with Crippen molar-refractivity contribution in [3.8, 4) is 10.7 Å². The van der Waals surface area contributed by atoms with Gasteiger partial charge in [0.25, 0.3) is 0 Å². The third kappa shape index (κ3) is 2.95. The average Bonchev–Trinajstić information content (AvgIpc) is 3.06. The minimum atomic E-state index is 0.118. The minimum Gasteiger partial charge on any atom is -0.466 e. The summed E-state index contributed by atoms with van der Waals surface area (Å²) in [6.45, 7) is 6.01. The molecule has 5 nitrogen and oxygen atoms in total. The highest BCUT2D eigenvalue weighted by molar-refractivity contribution is 7.18. The maximum absolute atomic E-state index is 5.57. The number of anilines is 1. The van der Waals surface area contributed by atoms with Crippen LogP contribution >= 0.6 is 11.3 Å². The molecule has 21 heavy (non-hydrogen) atoms. The van der Waals surface area contributed by atoms with Crippen LogP contribution in [0.1, 0.15) is 30.0 Å². The van der Waals surface area contributed by atoms with Crippen LogP contribution in [0.25, 0.3) is 10.7 Å². The zero-order valence-electron chi connectivity index (χ0n) is 12.1. The molecule has 6 heteroatoms. The number of rotatable bonds is 4. The zero-order valence-corrected chi connectivity index (χ0v) is 12.9. The number of pyridine rings is 1. The lowest BCUT2D eigenvalue weighted by Crippen LogP contribution is -2.06. The van der Waals surface area contributed by atoms with Gasteiger partial charge in [0.15, 0.2) is 5.01 Å². The van der Waals surface area contributed by atoms with Gasteiger partial charge in [0, 0.05) is 11.8 Å². The van der Waals surface area contributed by atoms with E-state index in [0.717, 1.165) is 32.9 Å². The van der Waals surface area contributed by atoms with Crippen LogP contribution in [0.2, 0.25) is 0 Å². The number of hydrogen-bond donors (Lipinski definition) is 1. The summed E-state index contributed by atoms with van der Waals surface area (Å²) in [6.07, 6.45) is 1.75. The summed E-state index contributed by atoms with van der Waals surface area (Å²) >= 11 is 1.50. The van der Waals surface area contributed by atoms with Crippen LogP contribution in [-0.4, -0.2) is 15.2 Å². The molecular formula is C15H16N4OS. The summed E-state index contributed by atoms with van der Waals surface area (Å²) in [5.41, 5.74) is 1.98. The van der Waals surface area contributed by atoms with Crippen molar-refractivity contribution >= 4 is 16.5 Å². The second-order valence-corrected chi connectivity index (χ2v) is 5.84. The van der Waals surface area contributed by atoms with Gasteiger partial charge < -0.3 is 9.73 Å². The number of furan rings is 1. The summed E-state index contributed by atoms with van der Waals surface area (Å²) < 4.78 is 5.57. The molecule has 0 radical (unpaired) electrons. The number of aryl methyl sites for hydroxylation is 2. The third-order valence-electron chi connectivity index (χ3n) is 3.19. The molecule has 1 unspecified atom stereocenters. The van der Waals surface area contributed by atoms with E-state index in [1.165, 1.54) is 11.3 Å². The van der Waals surface area contributed by atoms with E-state index in [9.17, 15) is 0 Å². The van der Waals surface area contributed by atoms with Gasteiger partial charge in [-0.2, -0.15) is 0 Å². The molecule has 1 atom stereocenters. The predicted octanol–water partition coefficient (Wildman–Crippen LogP) is 3.98. The molecule has 3 rings (SSSR count). The number of nitrogens with one attached hydrogen (secondary N) is 1. The van der Waals surface area contributed by atoms with Crippen molar-refractivity contribution in [3.05, 3.63) is 47.5 Å². The fraction of sp³-hybridized carbons (Fsp3) is 0.267. The van der Waals surface area contributed by atoms with Gasteiger partial charge in [0.1, 0.15) is 17.2 Å². The van der Waals surface area contributed by atoms with Gasteiger partial charge in [-0.3, -0.25) is 4.98 Å². The molecule has 0 amide bonds. The Morgan fingerprint density at radius 1 is 1.24 bits per heavy atom. The first-order valence-corrected chi connectivity index (χ1v) is 7.53. The van der Waals surface area contributed by atoms with E-state index >= 15 is 0 Å². The Morgan fingerprint density at radius 2 is 2.10 bits per heavy atom. The lowest BCUT2D eigenvalue weighted by molar-refractivity contribution is 0.500. The Morgan fingerprint density at radius 3 is 2.76 bits per heavy atom. The standard InChI is InChI=1S/C15H16N4OS/c1-9-8-12(11(3)20-9)10(2)17-15-19-18-14(21-15)13-6-4-5-7-16-13/h4-8,10H,1-3H3,(H,17,19). The lowest BCUT2D eigenvalue weighted by atomic mass is 10.1. The minimum absolute atomic E-state index is 0.118. The Labute approximate surface area is 127 Å². The van der Waals surface area contributed by atoms with Crippen molar-refractivity contribution in [1.82, 2.24) is 15.2 Å². The van der Waals surface area contributed by atoms with Gasteiger partial charge in [-0.15, -0.1) is 10.2 Å². The second-order valence-electron chi connectivity index (χ2n) is 4.86. The molecule has 0 bridgehead atoms. The highest BCUT2D eigenvalue weighted by Gasteiger charge is 2.15. The SMILES string of the molecule is Cc1cc(C(C)Nc2nnc(-c3ccccn3)s2)c(C)o1. The topological polar surface area (TPSA) is 63.8 Å². The van der Waals surface area contributed by atoms with Crippen LogP contribution in [0.15, 0.2) is 34.9 Å². The first-order valence-electron chi connectivity index (χ1n) is 6.72. The van der Waals surface area contributed by atoms with Gasteiger partial charge in [0.05, 0.1) is 6.04 Å². The fourth-order valence-electron chi connectivity index (χ4n) is 2.22. The van der Waals surface area contributed by atoms with E-state index < -0.39 is 0 Å². The molecule has 0 aromatic carbocycles. The van der Waals surface area contributed by atoms with E-state index in [1.54, 1.807) is 6.20 Å². The van der Waals surface area contributed by atoms with E-state index in [4.69, 9.17) is 4.42 Å². The predicted molar refractivity (Wildman–Crippen MR) is 83.4 cm³/mol. The maximum atomic E-state index is 5.57. The van der Waals surface area contributed by atoms with E-state index in [0.29, 0.717) is 0 Å². The highest BCUT2D eigenvalue weighted by Crippen LogP contribution is 2.29. The van der Waals surface area contributed by atoms with E-state index in [1.807, 2.05) is 38.1 Å². The molecule has 0 saturated carbocycles. The van der Waals surface area contributed by atoms with Crippen molar-refractivity contribution < 1.29 is 4.42 Å². The van der Waals surface area contributed by atoms with Crippen molar-refractivity contribution in [3.63, 3.8) is 0 Å². The molecule has 0 aliphatic carbocycles. The number of aromatic nitrogens is 3. The van der Waals surface area contributed by atoms with E-state index in [-0.39, 0.29) is 6.04 Å². The Hall–Kier alpha value is -2.21. The largest absolute Gasteiger partial charge is 0.466 e. The van der Waals surface area contributed by atoms with Crippen molar-refractivity contribution in [2.75, 3.05) is 5.32 Å². The van der Waals surface area contributed by atoms with Crippen molar-refractivity contribution in [1.29, 1.82) is 0 Å². The van der Waals surface area contributed by atoms with Crippen molar-refractivity contribution in [2.45, 2.75) is 26.8 Å². The quantitative estimate of drug-likeness (QED) is 0.789. The molecular weight excluding hydrogens is 284 g/mol. The molecule has 3 aromatic heterocycles. The fourth-order valence-corrected chi connectivity index (χ4v) is 3.03. The third-order valence-corrected chi connectivity index (χ3v) is 4.07. The summed E-state index contributed by atoms with van der Waals surface area (Å²) in [7, 11) is 0. The maximum Gasteiger partial charge on any atom is 0.206 e. The molecule has 0 fully saturated rings. The van der Waals surface area contributed by atoms with Crippen LogP contribution in [0.5, 0.6) is 0 Å². The van der Waals surface area contributed by atoms with Crippen LogP contribution < -0.4 is 5.32 Å². The molecule has 3 heterocycles. The lowest BCUT2D eigenvalue weighted by Gasteiger charge is -2.10. The molecule has 0 aliphatic heterocycles. The van der Waals surface area contributed by atoms with Gasteiger partial charge in [-0.1, -0.05) is 17.4 Å². The molecule has 1 N–H and O–H groups in total. The Kier molecular flexibility index (Phi) is 3.70. The summed E-state index contributed by atoms with van der Waals surface area (Å²) in [4.78, 5) is 4.28. The first-order chi connectivity index (χ1) is 10.1. The average molecular weight is 300 g/mol. The number of hydrogen-bond acceptors (Lipinski definition) is 6.